The van der Waals surface area contributed by atoms with Gasteiger partial charge in [-0.2, -0.15) is 0 Å². The number of nitrogens with one attached hydrogen (secondary N) is 3. The molecular formula is C40H57N5O12S. The highest BCUT2D eigenvalue weighted by atomic mass is 32.2. The van der Waals surface area contributed by atoms with E-state index in [9.17, 15) is 44.2 Å². The molecule has 0 spiro atoms. The number of nitro benzene ring substituents is 2. The van der Waals surface area contributed by atoms with Gasteiger partial charge in [0.05, 0.1) is 34.0 Å². The number of nitro groups is 2. The number of benzene rings is 2. The number of hydrogen-bond acceptors (Lipinski definition) is 13. The summed E-state index contributed by atoms with van der Waals surface area (Å²) in [6, 6.07) is 9.28. The number of esters is 2. The Kier molecular flexibility index (Phi) is 24.5. The van der Waals surface area contributed by atoms with Crippen molar-refractivity contribution in [2.75, 3.05) is 25.5 Å². The van der Waals surface area contributed by atoms with Gasteiger partial charge in [0.25, 0.3) is 11.4 Å². The van der Waals surface area contributed by atoms with Crippen molar-refractivity contribution in [1.82, 2.24) is 16.0 Å². The van der Waals surface area contributed by atoms with E-state index in [1.54, 1.807) is 24.3 Å². The smallest absolute Gasteiger partial charge is 0.408 e. The van der Waals surface area contributed by atoms with Crippen molar-refractivity contribution < 1.29 is 48.0 Å². The van der Waals surface area contributed by atoms with Crippen molar-refractivity contribution in [2.24, 2.45) is 0 Å². The number of non-ortho nitro benzene ring substituents is 1. The fourth-order valence-corrected chi connectivity index (χ4v) is 6.52. The van der Waals surface area contributed by atoms with Gasteiger partial charge in [0.15, 0.2) is 0 Å². The second kappa shape index (κ2) is 29.0. The number of alkyl carbamates (subject to hydrolysis) is 1. The minimum Gasteiger partial charge on any atom is -0.464 e. The molecule has 0 bridgehead atoms. The number of hydrogen-bond donors (Lipinski definition) is 3. The molecule has 18 heteroatoms. The Hall–Kier alpha value is -5.26. The summed E-state index contributed by atoms with van der Waals surface area (Å²) in [6.45, 7) is 3.94. The van der Waals surface area contributed by atoms with Crippen LogP contribution in [-0.2, 0) is 40.0 Å². The molecule has 0 saturated carbocycles. The van der Waals surface area contributed by atoms with Crippen molar-refractivity contribution in [3.63, 3.8) is 0 Å². The van der Waals surface area contributed by atoms with Gasteiger partial charge in [-0.3, -0.25) is 34.6 Å². The summed E-state index contributed by atoms with van der Waals surface area (Å²) in [5.74, 6) is -3.28. The van der Waals surface area contributed by atoms with Gasteiger partial charge in [-0.25, -0.2) is 9.59 Å². The first kappa shape index (κ1) is 48.9. The zero-order chi connectivity index (χ0) is 42.5. The molecule has 0 aliphatic heterocycles. The summed E-state index contributed by atoms with van der Waals surface area (Å²) in [4.78, 5) is 86.2. The summed E-state index contributed by atoms with van der Waals surface area (Å²) in [5, 5.41) is 30.4. The molecule has 2 unspecified atom stereocenters. The van der Waals surface area contributed by atoms with E-state index in [0.29, 0.717) is 18.4 Å². The topological polar surface area (TPSA) is 235 Å². The summed E-state index contributed by atoms with van der Waals surface area (Å²) in [5.41, 5.74) is -0.363. The van der Waals surface area contributed by atoms with Crippen LogP contribution in [-0.4, -0.2) is 77.3 Å². The Labute approximate surface area is 343 Å². The Morgan fingerprint density at radius 3 is 1.97 bits per heavy atom. The summed E-state index contributed by atoms with van der Waals surface area (Å²) in [6.07, 6.45) is 10.1. The molecule has 3 amide bonds. The molecule has 2 rings (SSSR count). The average molecular weight is 832 g/mol. The van der Waals surface area contributed by atoms with E-state index in [2.05, 4.69) is 29.8 Å². The van der Waals surface area contributed by atoms with Crippen LogP contribution in [0.5, 0.6) is 0 Å². The highest BCUT2D eigenvalue weighted by Gasteiger charge is 2.28. The van der Waals surface area contributed by atoms with Gasteiger partial charge < -0.3 is 30.2 Å². The molecule has 3 N–H and O–H groups in total. The van der Waals surface area contributed by atoms with Gasteiger partial charge in [-0.05, 0) is 30.9 Å². The quantitative estimate of drug-likeness (QED) is 0.0178. The van der Waals surface area contributed by atoms with Gasteiger partial charge >= 0.3 is 18.0 Å². The third kappa shape index (κ3) is 20.8. The van der Waals surface area contributed by atoms with Gasteiger partial charge in [-0.15, -0.1) is 11.8 Å². The van der Waals surface area contributed by atoms with Crippen LogP contribution in [0.4, 0.5) is 16.2 Å². The lowest BCUT2D eigenvalue weighted by Gasteiger charge is -2.20. The normalized spacial score (nSPS) is 11.8. The molecule has 0 aromatic heterocycles. The Balaban J connectivity index is 2.12. The van der Waals surface area contributed by atoms with E-state index in [1.807, 2.05) is 6.07 Å². The highest BCUT2D eigenvalue weighted by molar-refractivity contribution is 7.99. The number of carbonyl (C=O) groups excluding carboxylic acids is 5. The van der Waals surface area contributed by atoms with Crippen LogP contribution in [0.3, 0.4) is 0 Å². The molecule has 0 heterocycles. The molecule has 2 atom stereocenters. The number of carbonyl (C=O) groups is 5. The first-order valence-electron chi connectivity index (χ1n) is 19.9. The lowest BCUT2D eigenvalue weighted by Crippen LogP contribution is -2.50. The zero-order valence-electron chi connectivity index (χ0n) is 33.4. The summed E-state index contributed by atoms with van der Waals surface area (Å²) in [7, 11) is 0. The molecule has 2 aromatic rings. The van der Waals surface area contributed by atoms with Gasteiger partial charge in [-0.1, -0.05) is 108 Å². The fraction of sp³-hybridized carbons (Fsp3) is 0.575. The van der Waals surface area contributed by atoms with Crippen molar-refractivity contribution >= 4 is 53.0 Å². The molecule has 0 aliphatic rings. The third-order valence-electron chi connectivity index (χ3n) is 8.77. The maximum absolute atomic E-state index is 13.3. The SMILES string of the molecule is CCCCCCCCOC(=O)CNC(=O)C(CSc1ccc([N+](=O)[O-])cc1[N+](=O)[O-])NC(=O)CCC(NC(=O)OCc1ccccc1)C(=O)OCCCCCCCC. The lowest BCUT2D eigenvalue weighted by atomic mass is 10.1. The largest absolute Gasteiger partial charge is 0.464 e. The number of amides is 3. The monoisotopic (exact) mass is 831 g/mol. The van der Waals surface area contributed by atoms with E-state index in [-0.39, 0.29) is 43.3 Å². The molecule has 2 aromatic carbocycles. The van der Waals surface area contributed by atoms with E-state index in [1.165, 1.54) is 6.07 Å². The molecule has 0 fully saturated rings. The molecule has 0 aliphatic carbocycles. The Morgan fingerprint density at radius 1 is 0.724 bits per heavy atom. The number of rotatable bonds is 30. The second-order valence-electron chi connectivity index (χ2n) is 13.5. The van der Waals surface area contributed by atoms with Crippen LogP contribution in [0.25, 0.3) is 0 Å². The molecule has 320 valence electrons. The zero-order valence-corrected chi connectivity index (χ0v) is 34.2. The predicted octanol–water partition coefficient (Wildman–Crippen LogP) is 7.08. The minimum atomic E-state index is -1.36. The van der Waals surface area contributed by atoms with Gasteiger partial charge in [0.1, 0.15) is 25.2 Å². The number of nitrogens with zero attached hydrogens (tertiary/aromatic N) is 2. The maximum Gasteiger partial charge on any atom is 0.408 e. The summed E-state index contributed by atoms with van der Waals surface area (Å²) >= 11 is 0.788. The average Bonchev–Trinajstić information content (AvgIpc) is 3.21. The van der Waals surface area contributed by atoms with Crippen LogP contribution < -0.4 is 16.0 Å². The molecule has 0 saturated heterocycles. The van der Waals surface area contributed by atoms with Crippen molar-refractivity contribution in [3.8, 4) is 0 Å². The number of thioether (sulfide) groups is 1. The first-order chi connectivity index (χ1) is 27.9. The molecule has 0 radical (unpaired) electrons. The standard InChI is InChI=1S/C40H57N5O12S/c1-3-5-7-9-11-16-24-55-37(47)27-41-38(48)33(29-58-35-22-20-31(44(51)52)26-34(35)45(53)54)42-36(46)23-21-32(39(49)56-25-17-12-10-8-6-4-2)43-40(50)57-28-30-18-14-13-15-19-30/h13-15,18-20,22,26,32-33H,3-12,16-17,21,23-25,27-29H2,1-2H3,(H,41,48)(H,42,46)(H,43,50). The minimum absolute atomic E-state index is 0.00705. The van der Waals surface area contributed by atoms with Crippen molar-refractivity contribution in [1.29, 1.82) is 0 Å². The van der Waals surface area contributed by atoms with Crippen LogP contribution in [0.15, 0.2) is 53.4 Å². The van der Waals surface area contributed by atoms with Gasteiger partial charge in [0, 0.05) is 18.2 Å². The van der Waals surface area contributed by atoms with Crippen LogP contribution in [0, 0.1) is 20.2 Å². The Bertz CT molecular complexity index is 1610. The molecule has 17 nitrogen and oxygen atoms in total. The van der Waals surface area contributed by atoms with E-state index < -0.39 is 69.7 Å². The third-order valence-corrected chi connectivity index (χ3v) is 9.92. The lowest BCUT2D eigenvalue weighted by molar-refractivity contribution is -0.396. The van der Waals surface area contributed by atoms with Crippen LogP contribution in [0.1, 0.15) is 109 Å². The van der Waals surface area contributed by atoms with E-state index >= 15 is 0 Å². The van der Waals surface area contributed by atoms with E-state index in [4.69, 9.17) is 14.2 Å². The van der Waals surface area contributed by atoms with Crippen molar-refractivity contribution in [3.05, 3.63) is 74.3 Å². The molecular weight excluding hydrogens is 775 g/mol. The van der Waals surface area contributed by atoms with Gasteiger partial charge in [0.2, 0.25) is 11.8 Å². The number of ether oxygens (including phenoxy) is 3. The molecule has 58 heavy (non-hydrogen) atoms. The number of unbranched alkanes of at least 4 members (excludes halogenated alkanes) is 10. The Morgan fingerprint density at radius 2 is 1.34 bits per heavy atom. The van der Waals surface area contributed by atoms with Crippen LogP contribution in [0.2, 0.25) is 0 Å². The summed E-state index contributed by atoms with van der Waals surface area (Å²) < 4.78 is 15.9. The second-order valence-corrected chi connectivity index (χ2v) is 14.6. The van der Waals surface area contributed by atoms with E-state index in [0.717, 1.165) is 88.1 Å². The predicted molar refractivity (Wildman–Crippen MR) is 217 cm³/mol. The van der Waals surface area contributed by atoms with Crippen molar-refractivity contribution in [2.45, 2.75) is 127 Å². The maximum atomic E-state index is 13.3. The fourth-order valence-electron chi connectivity index (χ4n) is 5.50. The highest BCUT2D eigenvalue weighted by Crippen LogP contribution is 2.33. The first-order valence-corrected chi connectivity index (χ1v) is 20.9. The van der Waals surface area contributed by atoms with Crippen LogP contribution >= 0.6 is 11.8 Å².